The molecule has 0 bridgehead atoms. The number of phenolic OH excluding ortho intramolecular Hbond substituents is 1. The molecular formula is C32H40O4. The molecule has 0 saturated carbocycles. The van der Waals surface area contributed by atoms with Crippen molar-refractivity contribution in [1.82, 2.24) is 0 Å². The molecule has 0 spiro atoms. The van der Waals surface area contributed by atoms with Crippen LogP contribution in [0.3, 0.4) is 0 Å². The first-order valence-corrected chi connectivity index (χ1v) is 12.9. The predicted molar refractivity (Wildman–Crippen MR) is 145 cm³/mol. The highest BCUT2D eigenvalue weighted by atomic mass is 16.3. The van der Waals surface area contributed by atoms with E-state index >= 15 is 0 Å². The molecule has 0 atom stereocenters. The van der Waals surface area contributed by atoms with Crippen molar-refractivity contribution >= 4 is 17.1 Å². The number of hydrogen-bond donors (Lipinski definition) is 2. The zero-order valence-electron chi connectivity index (χ0n) is 23.4. The number of carbonyl (C=O) groups excluding carboxylic acids is 2. The molecule has 0 amide bonds. The van der Waals surface area contributed by atoms with Gasteiger partial charge < -0.3 is 10.2 Å². The van der Waals surface area contributed by atoms with Crippen molar-refractivity contribution in [1.29, 1.82) is 0 Å². The molecule has 0 radical (unpaired) electrons. The van der Waals surface area contributed by atoms with E-state index in [9.17, 15) is 19.8 Å². The second kappa shape index (κ2) is 7.81. The largest absolute Gasteiger partial charge is 0.507 e. The first-order valence-electron chi connectivity index (χ1n) is 12.9. The Kier molecular flexibility index (Phi) is 5.68. The number of Topliss-reactive ketones (excluding diaryl/α,β-unsaturated/α-hetero) is 2. The van der Waals surface area contributed by atoms with Crippen LogP contribution in [0.1, 0.15) is 131 Å². The Balaban J connectivity index is 2.00. The number of fused-ring (bicyclic) bond motifs is 2. The van der Waals surface area contributed by atoms with Crippen LogP contribution in [-0.2, 0) is 21.7 Å². The van der Waals surface area contributed by atoms with E-state index in [0.717, 1.165) is 24.0 Å². The lowest BCUT2D eigenvalue weighted by atomic mass is 9.62. The van der Waals surface area contributed by atoms with Gasteiger partial charge in [-0.3, -0.25) is 9.59 Å². The highest BCUT2D eigenvalue weighted by molar-refractivity contribution is 6.40. The second-order valence-corrected chi connectivity index (χ2v) is 14.0. The number of carbonyl (C=O) groups is 2. The Bertz CT molecular complexity index is 1300. The van der Waals surface area contributed by atoms with Crippen molar-refractivity contribution < 1.29 is 19.8 Å². The average Bonchev–Trinajstić information content (AvgIpc) is 2.74. The van der Waals surface area contributed by atoms with Gasteiger partial charge in [0.2, 0.25) is 5.78 Å². The smallest absolute Gasteiger partial charge is 0.228 e. The van der Waals surface area contributed by atoms with E-state index in [1.807, 2.05) is 53.7 Å². The van der Waals surface area contributed by atoms with E-state index in [2.05, 4.69) is 27.7 Å². The minimum Gasteiger partial charge on any atom is -0.507 e. The summed E-state index contributed by atoms with van der Waals surface area (Å²) in [6.07, 6.45) is 1.98. The Hall–Kier alpha value is -2.88. The third kappa shape index (κ3) is 3.99. The van der Waals surface area contributed by atoms with Crippen LogP contribution < -0.4 is 0 Å². The quantitative estimate of drug-likeness (QED) is 0.431. The number of aliphatic hydroxyl groups excluding tert-OH is 1. The normalized spacial score (nSPS) is 19.3. The fourth-order valence-electron chi connectivity index (χ4n) is 5.66. The fraction of sp³-hybridized carbons (Fsp3) is 0.500. The summed E-state index contributed by atoms with van der Waals surface area (Å²) >= 11 is 0. The van der Waals surface area contributed by atoms with Crippen molar-refractivity contribution in [2.75, 3.05) is 0 Å². The Labute approximate surface area is 215 Å². The van der Waals surface area contributed by atoms with E-state index in [-0.39, 0.29) is 33.5 Å². The number of allylic oxidation sites excluding steroid dienone is 2. The van der Waals surface area contributed by atoms with Gasteiger partial charge in [-0.1, -0.05) is 69.2 Å². The molecule has 2 aromatic carbocycles. The summed E-state index contributed by atoms with van der Waals surface area (Å²) in [7, 11) is 0. The van der Waals surface area contributed by atoms with Gasteiger partial charge in [-0.2, -0.15) is 0 Å². The van der Waals surface area contributed by atoms with Crippen molar-refractivity contribution in [2.24, 2.45) is 0 Å². The summed E-state index contributed by atoms with van der Waals surface area (Å²) in [5.41, 5.74) is 3.53. The molecule has 0 heterocycles. The first kappa shape index (κ1) is 26.2. The first-order chi connectivity index (χ1) is 16.3. The van der Waals surface area contributed by atoms with Crippen LogP contribution in [0.5, 0.6) is 5.75 Å². The molecule has 4 nitrogen and oxygen atoms in total. The fourth-order valence-corrected chi connectivity index (χ4v) is 5.66. The monoisotopic (exact) mass is 488 g/mol. The number of ketones is 2. The van der Waals surface area contributed by atoms with Crippen LogP contribution in [0.15, 0.2) is 30.0 Å². The van der Waals surface area contributed by atoms with Gasteiger partial charge in [0.1, 0.15) is 5.75 Å². The van der Waals surface area contributed by atoms with Gasteiger partial charge in [0.25, 0.3) is 0 Å². The molecule has 2 aliphatic carbocycles. The second-order valence-electron chi connectivity index (χ2n) is 14.0. The maximum atomic E-state index is 14.0. The minimum absolute atomic E-state index is 0.0105. The summed E-state index contributed by atoms with van der Waals surface area (Å²) in [6, 6.07) is 7.24. The molecule has 2 aromatic rings. The van der Waals surface area contributed by atoms with Crippen molar-refractivity contribution in [3.05, 3.63) is 69.0 Å². The summed E-state index contributed by atoms with van der Waals surface area (Å²) in [4.78, 5) is 27.5. The minimum atomic E-state index is -0.524. The van der Waals surface area contributed by atoms with Crippen LogP contribution in [0.25, 0.3) is 5.57 Å². The summed E-state index contributed by atoms with van der Waals surface area (Å²) in [5.74, 6) is -1.21. The summed E-state index contributed by atoms with van der Waals surface area (Å²) in [6.45, 7) is 20.7. The zero-order valence-corrected chi connectivity index (χ0v) is 23.4. The van der Waals surface area contributed by atoms with E-state index in [4.69, 9.17) is 0 Å². The van der Waals surface area contributed by atoms with Gasteiger partial charge in [0, 0.05) is 22.3 Å². The maximum Gasteiger partial charge on any atom is 0.228 e. The molecule has 0 unspecified atom stereocenters. The third-order valence-corrected chi connectivity index (χ3v) is 8.17. The molecule has 36 heavy (non-hydrogen) atoms. The van der Waals surface area contributed by atoms with E-state index in [1.54, 1.807) is 12.1 Å². The molecule has 0 fully saturated rings. The van der Waals surface area contributed by atoms with Gasteiger partial charge in [0.15, 0.2) is 11.5 Å². The predicted octanol–water partition coefficient (Wildman–Crippen LogP) is 7.68. The van der Waals surface area contributed by atoms with Crippen molar-refractivity contribution in [3.63, 3.8) is 0 Å². The van der Waals surface area contributed by atoms with Gasteiger partial charge in [0.05, 0.1) is 5.57 Å². The molecule has 0 aliphatic heterocycles. The highest BCUT2D eigenvalue weighted by Crippen LogP contribution is 2.48. The van der Waals surface area contributed by atoms with Crippen LogP contribution >= 0.6 is 0 Å². The van der Waals surface area contributed by atoms with Crippen LogP contribution in [-0.4, -0.2) is 21.8 Å². The lowest BCUT2D eigenvalue weighted by Crippen LogP contribution is -2.35. The van der Waals surface area contributed by atoms with Crippen LogP contribution in [0.2, 0.25) is 0 Å². The highest BCUT2D eigenvalue weighted by Gasteiger charge is 2.42. The van der Waals surface area contributed by atoms with Gasteiger partial charge in [-0.15, -0.1) is 0 Å². The lowest BCUT2D eigenvalue weighted by Gasteiger charge is -2.42. The summed E-state index contributed by atoms with van der Waals surface area (Å²) in [5, 5.41) is 22.3. The Morgan fingerprint density at radius 1 is 0.667 bits per heavy atom. The Morgan fingerprint density at radius 2 is 1.06 bits per heavy atom. The van der Waals surface area contributed by atoms with Gasteiger partial charge in [-0.05, 0) is 75.5 Å². The van der Waals surface area contributed by atoms with E-state index in [0.29, 0.717) is 22.3 Å². The van der Waals surface area contributed by atoms with Crippen LogP contribution in [0, 0.1) is 0 Å². The van der Waals surface area contributed by atoms with Crippen molar-refractivity contribution in [3.8, 4) is 5.75 Å². The standard InChI is InChI=1S/C32H40O4/c1-29(2,3)22-13-17(14-23(27(22)35)30(4,5)6)24-25(33)18-15-20-21(16-19(18)26(34)28(24)36)32(9,10)12-11-31(20,7)8/h13-16,35-36H,11-12H2,1-10H3. The number of rotatable bonds is 1. The molecule has 4 heteroatoms. The Morgan fingerprint density at radius 3 is 1.44 bits per heavy atom. The third-order valence-electron chi connectivity index (χ3n) is 8.17. The topological polar surface area (TPSA) is 74.6 Å². The molecular weight excluding hydrogens is 448 g/mol. The SMILES string of the molecule is CC(C)(C)c1cc(C2=C(O)C(=O)c3cc4c(cc3C2=O)C(C)(C)CCC4(C)C)cc(C(C)(C)C)c1O. The van der Waals surface area contributed by atoms with Crippen LogP contribution in [0.4, 0.5) is 0 Å². The molecule has 2 aliphatic rings. The van der Waals surface area contributed by atoms with Gasteiger partial charge in [-0.25, -0.2) is 0 Å². The van der Waals surface area contributed by atoms with E-state index < -0.39 is 22.4 Å². The number of hydrogen-bond acceptors (Lipinski definition) is 4. The van der Waals surface area contributed by atoms with E-state index in [1.165, 1.54) is 0 Å². The number of benzene rings is 2. The number of phenols is 1. The molecule has 0 aromatic heterocycles. The molecule has 192 valence electrons. The lowest BCUT2D eigenvalue weighted by molar-refractivity contribution is 0.0946. The van der Waals surface area contributed by atoms with Gasteiger partial charge >= 0.3 is 0 Å². The molecule has 2 N–H and O–H groups in total. The van der Waals surface area contributed by atoms with Crippen molar-refractivity contribution in [2.45, 2.75) is 104 Å². The average molecular weight is 489 g/mol. The molecule has 4 rings (SSSR count). The maximum absolute atomic E-state index is 14.0. The summed E-state index contributed by atoms with van der Waals surface area (Å²) < 4.78 is 0. The number of aromatic hydroxyl groups is 1. The molecule has 0 saturated heterocycles. The number of aliphatic hydroxyl groups is 1. The zero-order chi connectivity index (χ0) is 27.2.